The maximum atomic E-state index is 11.9. The van der Waals surface area contributed by atoms with Crippen LogP contribution in [0.25, 0.3) is 6.08 Å². The average molecular weight is 355 g/mol. The van der Waals surface area contributed by atoms with Crippen LogP contribution in [-0.4, -0.2) is 24.5 Å². The van der Waals surface area contributed by atoms with Gasteiger partial charge in [0.15, 0.2) is 11.5 Å². The van der Waals surface area contributed by atoms with E-state index in [9.17, 15) is 9.59 Å². The molecule has 110 valence electrons. The van der Waals surface area contributed by atoms with E-state index in [1.807, 2.05) is 0 Å². The molecule has 0 radical (unpaired) electrons. The summed E-state index contributed by atoms with van der Waals surface area (Å²) < 4.78 is 21.2. The Kier molecular flexibility index (Phi) is 3.16. The average Bonchev–Trinajstić information content (AvgIpc) is 2.79. The number of ether oxygens (including phenoxy) is 4. The van der Waals surface area contributed by atoms with Crippen LogP contribution in [0.5, 0.6) is 11.5 Å². The molecule has 6 nitrogen and oxygen atoms in total. The highest BCUT2D eigenvalue weighted by Gasteiger charge is 2.39. The van der Waals surface area contributed by atoms with Crippen molar-refractivity contribution in [1.82, 2.24) is 0 Å². The topological polar surface area (TPSA) is 71.1 Å². The highest BCUT2D eigenvalue weighted by Crippen LogP contribution is 2.38. The fraction of sp³-hybridized carbons (Fsp3) is 0.286. The molecule has 2 heterocycles. The van der Waals surface area contributed by atoms with Crippen molar-refractivity contribution in [1.29, 1.82) is 0 Å². The van der Waals surface area contributed by atoms with Gasteiger partial charge in [0.25, 0.3) is 5.79 Å². The van der Waals surface area contributed by atoms with Gasteiger partial charge in [-0.2, -0.15) is 0 Å². The van der Waals surface area contributed by atoms with Crippen molar-refractivity contribution in [2.24, 2.45) is 0 Å². The molecule has 21 heavy (non-hydrogen) atoms. The first-order chi connectivity index (χ1) is 9.85. The molecule has 1 aromatic rings. The lowest BCUT2D eigenvalue weighted by Gasteiger charge is -2.29. The second-order valence-electron chi connectivity index (χ2n) is 4.96. The van der Waals surface area contributed by atoms with E-state index < -0.39 is 17.7 Å². The molecule has 0 unspecified atom stereocenters. The zero-order valence-electron chi connectivity index (χ0n) is 11.3. The minimum absolute atomic E-state index is 0.139. The van der Waals surface area contributed by atoms with Crippen LogP contribution >= 0.6 is 15.9 Å². The fourth-order valence-corrected chi connectivity index (χ4v) is 2.41. The standard InChI is InChI=1S/C14H11BrO6/c1-14(2)20-12(16)8(13(17)21-14)3-7-4-10-11(5-9(7)15)19-6-18-10/h3-5H,6H2,1-2H3. The summed E-state index contributed by atoms with van der Waals surface area (Å²) in [5.41, 5.74) is 0.414. The monoisotopic (exact) mass is 354 g/mol. The van der Waals surface area contributed by atoms with Gasteiger partial charge in [-0.05, 0) is 23.8 Å². The molecule has 0 saturated carbocycles. The van der Waals surface area contributed by atoms with Crippen molar-refractivity contribution in [3.05, 3.63) is 27.7 Å². The Labute approximate surface area is 128 Å². The van der Waals surface area contributed by atoms with E-state index in [0.717, 1.165) is 0 Å². The van der Waals surface area contributed by atoms with Crippen LogP contribution in [0.2, 0.25) is 0 Å². The molecule has 1 saturated heterocycles. The molecular formula is C14H11BrO6. The number of halogens is 1. The molecule has 0 N–H and O–H groups in total. The number of carbonyl (C=O) groups excluding carboxylic acids is 2. The van der Waals surface area contributed by atoms with E-state index in [-0.39, 0.29) is 12.4 Å². The normalized spacial score (nSPS) is 19.1. The molecule has 2 aliphatic rings. The molecule has 0 spiro atoms. The van der Waals surface area contributed by atoms with E-state index in [1.165, 1.54) is 19.9 Å². The molecule has 1 fully saturated rings. The third kappa shape index (κ3) is 2.61. The van der Waals surface area contributed by atoms with Crippen LogP contribution in [-0.2, 0) is 19.1 Å². The molecule has 0 aliphatic carbocycles. The Bertz CT molecular complexity index is 654. The zero-order chi connectivity index (χ0) is 15.2. The van der Waals surface area contributed by atoms with Crippen LogP contribution in [0.3, 0.4) is 0 Å². The Morgan fingerprint density at radius 1 is 1.10 bits per heavy atom. The molecule has 0 aromatic heterocycles. The predicted molar refractivity (Wildman–Crippen MR) is 74.5 cm³/mol. The SMILES string of the molecule is CC1(C)OC(=O)C(=Cc2cc3c(cc2Br)OCO3)C(=O)O1. The Hall–Kier alpha value is -2.02. The molecule has 3 rings (SSSR count). The second-order valence-corrected chi connectivity index (χ2v) is 5.82. The minimum atomic E-state index is -1.25. The quantitative estimate of drug-likeness (QED) is 0.438. The van der Waals surface area contributed by atoms with Crippen LogP contribution < -0.4 is 9.47 Å². The van der Waals surface area contributed by atoms with Gasteiger partial charge in [-0.3, -0.25) is 0 Å². The van der Waals surface area contributed by atoms with Crippen molar-refractivity contribution in [2.75, 3.05) is 6.79 Å². The molecule has 0 amide bonds. The smallest absolute Gasteiger partial charge is 0.348 e. The summed E-state index contributed by atoms with van der Waals surface area (Å²) in [6, 6.07) is 3.37. The lowest BCUT2D eigenvalue weighted by Crippen LogP contribution is -2.41. The molecule has 0 atom stereocenters. The summed E-state index contributed by atoms with van der Waals surface area (Å²) in [7, 11) is 0. The van der Waals surface area contributed by atoms with Gasteiger partial charge >= 0.3 is 11.9 Å². The summed E-state index contributed by atoms with van der Waals surface area (Å²) in [4.78, 5) is 23.8. The first-order valence-corrected chi connectivity index (χ1v) is 6.92. The Balaban J connectivity index is 1.99. The minimum Gasteiger partial charge on any atom is -0.454 e. The number of hydrogen-bond acceptors (Lipinski definition) is 6. The maximum Gasteiger partial charge on any atom is 0.348 e. The number of carbonyl (C=O) groups is 2. The van der Waals surface area contributed by atoms with Gasteiger partial charge in [0.1, 0.15) is 5.57 Å². The van der Waals surface area contributed by atoms with Crippen molar-refractivity contribution in [2.45, 2.75) is 19.6 Å². The summed E-state index contributed by atoms with van der Waals surface area (Å²) in [6.45, 7) is 3.13. The fourth-order valence-electron chi connectivity index (χ4n) is 1.98. The zero-order valence-corrected chi connectivity index (χ0v) is 12.9. The number of cyclic esters (lactones) is 2. The largest absolute Gasteiger partial charge is 0.454 e. The van der Waals surface area contributed by atoms with Gasteiger partial charge < -0.3 is 18.9 Å². The van der Waals surface area contributed by atoms with Crippen molar-refractivity contribution >= 4 is 33.9 Å². The van der Waals surface area contributed by atoms with E-state index >= 15 is 0 Å². The number of benzene rings is 1. The number of hydrogen-bond donors (Lipinski definition) is 0. The summed E-state index contributed by atoms with van der Waals surface area (Å²) in [5.74, 6) is -1.55. The van der Waals surface area contributed by atoms with Gasteiger partial charge in [-0.15, -0.1) is 0 Å². The van der Waals surface area contributed by atoms with Crippen molar-refractivity contribution in [3.63, 3.8) is 0 Å². The number of esters is 2. The molecule has 2 aliphatic heterocycles. The molecular weight excluding hydrogens is 344 g/mol. The third-order valence-electron chi connectivity index (χ3n) is 2.91. The van der Waals surface area contributed by atoms with Gasteiger partial charge in [0, 0.05) is 18.3 Å². The van der Waals surface area contributed by atoms with Gasteiger partial charge in [0.05, 0.1) is 0 Å². The first kappa shape index (κ1) is 13.9. The molecule has 0 bridgehead atoms. The predicted octanol–water partition coefficient (Wildman–Crippen LogP) is 2.40. The van der Waals surface area contributed by atoms with Gasteiger partial charge in [0.2, 0.25) is 6.79 Å². The Morgan fingerprint density at radius 3 is 2.29 bits per heavy atom. The van der Waals surface area contributed by atoms with Crippen molar-refractivity contribution in [3.8, 4) is 11.5 Å². The van der Waals surface area contributed by atoms with E-state index in [0.29, 0.717) is 21.5 Å². The van der Waals surface area contributed by atoms with Gasteiger partial charge in [-0.1, -0.05) is 15.9 Å². The number of rotatable bonds is 1. The van der Waals surface area contributed by atoms with E-state index in [4.69, 9.17) is 18.9 Å². The Morgan fingerprint density at radius 2 is 1.67 bits per heavy atom. The second kappa shape index (κ2) is 4.77. The lowest BCUT2D eigenvalue weighted by atomic mass is 10.1. The van der Waals surface area contributed by atoms with Crippen molar-refractivity contribution < 1.29 is 28.5 Å². The number of fused-ring (bicyclic) bond motifs is 1. The van der Waals surface area contributed by atoms with E-state index in [2.05, 4.69) is 15.9 Å². The van der Waals surface area contributed by atoms with Crippen LogP contribution in [0, 0.1) is 0 Å². The van der Waals surface area contributed by atoms with Crippen LogP contribution in [0.1, 0.15) is 19.4 Å². The first-order valence-electron chi connectivity index (χ1n) is 6.13. The summed E-state index contributed by atoms with van der Waals surface area (Å²) >= 11 is 3.35. The van der Waals surface area contributed by atoms with E-state index in [1.54, 1.807) is 12.1 Å². The summed E-state index contributed by atoms with van der Waals surface area (Å²) in [6.07, 6.45) is 1.39. The third-order valence-corrected chi connectivity index (χ3v) is 3.60. The maximum absolute atomic E-state index is 11.9. The highest BCUT2D eigenvalue weighted by molar-refractivity contribution is 9.10. The van der Waals surface area contributed by atoms with Crippen LogP contribution in [0.4, 0.5) is 0 Å². The molecule has 7 heteroatoms. The van der Waals surface area contributed by atoms with Crippen LogP contribution in [0.15, 0.2) is 22.2 Å². The lowest BCUT2D eigenvalue weighted by molar-refractivity contribution is -0.222. The van der Waals surface area contributed by atoms with Gasteiger partial charge in [-0.25, -0.2) is 9.59 Å². The summed E-state index contributed by atoms with van der Waals surface area (Å²) in [5, 5.41) is 0. The molecule has 1 aromatic carbocycles. The highest BCUT2D eigenvalue weighted by atomic mass is 79.9.